The summed E-state index contributed by atoms with van der Waals surface area (Å²) in [5.41, 5.74) is 1.06. The minimum Gasteiger partial charge on any atom is -0.340 e. The monoisotopic (exact) mass is 396 g/mol. The standard InChI is InChI=1S/C20H21ClN6O/c21-17-6-4-15(5-7-17)13-27-18(8-11-24-27)25-19(28)16-3-1-12-26(14-16)20-22-9-2-10-23-20/h2,4-11,16H,1,3,12-14H2,(H,25,28). The number of piperidine rings is 1. The van der Waals surface area contributed by atoms with E-state index >= 15 is 0 Å². The van der Waals surface area contributed by atoms with Gasteiger partial charge < -0.3 is 10.2 Å². The highest BCUT2D eigenvalue weighted by Gasteiger charge is 2.27. The molecule has 0 saturated carbocycles. The molecule has 1 amide bonds. The number of benzene rings is 1. The summed E-state index contributed by atoms with van der Waals surface area (Å²) in [6, 6.07) is 11.2. The number of nitrogens with one attached hydrogen (secondary N) is 1. The molecule has 0 spiro atoms. The Morgan fingerprint density at radius 2 is 1.93 bits per heavy atom. The van der Waals surface area contributed by atoms with Gasteiger partial charge in [-0.1, -0.05) is 23.7 Å². The zero-order valence-electron chi connectivity index (χ0n) is 15.3. The molecule has 3 heterocycles. The summed E-state index contributed by atoms with van der Waals surface area (Å²) >= 11 is 5.94. The summed E-state index contributed by atoms with van der Waals surface area (Å²) in [6.45, 7) is 2.04. The quantitative estimate of drug-likeness (QED) is 0.716. The Labute approximate surface area is 168 Å². The first kappa shape index (κ1) is 18.4. The Kier molecular flexibility index (Phi) is 5.53. The van der Waals surface area contributed by atoms with Crippen molar-refractivity contribution in [1.82, 2.24) is 19.7 Å². The molecule has 28 heavy (non-hydrogen) atoms. The number of halogens is 1. The van der Waals surface area contributed by atoms with Gasteiger partial charge in [0.2, 0.25) is 11.9 Å². The number of anilines is 2. The minimum atomic E-state index is -0.114. The summed E-state index contributed by atoms with van der Waals surface area (Å²) in [4.78, 5) is 23.5. The van der Waals surface area contributed by atoms with Crippen molar-refractivity contribution >= 4 is 29.3 Å². The molecule has 4 rings (SSSR count). The molecule has 1 aromatic carbocycles. The van der Waals surface area contributed by atoms with Crippen molar-refractivity contribution < 1.29 is 4.79 Å². The van der Waals surface area contributed by atoms with Crippen LogP contribution < -0.4 is 10.2 Å². The van der Waals surface area contributed by atoms with Crippen molar-refractivity contribution in [2.45, 2.75) is 19.4 Å². The lowest BCUT2D eigenvalue weighted by molar-refractivity contribution is -0.120. The molecule has 1 N–H and O–H groups in total. The van der Waals surface area contributed by atoms with E-state index in [0.717, 1.165) is 24.9 Å². The molecule has 3 aromatic rings. The maximum Gasteiger partial charge on any atom is 0.230 e. The van der Waals surface area contributed by atoms with Gasteiger partial charge in [-0.25, -0.2) is 14.6 Å². The summed E-state index contributed by atoms with van der Waals surface area (Å²) in [5.74, 6) is 1.25. The molecule has 1 aliphatic rings. The second kappa shape index (κ2) is 8.39. The van der Waals surface area contributed by atoms with Crippen LogP contribution in [0.1, 0.15) is 18.4 Å². The lowest BCUT2D eigenvalue weighted by Crippen LogP contribution is -2.41. The molecule has 7 nitrogen and oxygen atoms in total. The maximum absolute atomic E-state index is 12.9. The topological polar surface area (TPSA) is 75.9 Å². The number of carbonyl (C=O) groups excluding carboxylic acids is 1. The molecule has 0 aliphatic carbocycles. The molecule has 8 heteroatoms. The van der Waals surface area contributed by atoms with Gasteiger partial charge in [-0.3, -0.25) is 4.79 Å². The number of rotatable bonds is 5. The highest BCUT2D eigenvalue weighted by molar-refractivity contribution is 6.30. The van der Waals surface area contributed by atoms with Crippen LogP contribution in [0, 0.1) is 5.92 Å². The third-order valence-electron chi connectivity index (χ3n) is 4.84. The van der Waals surface area contributed by atoms with Crippen LogP contribution in [0.5, 0.6) is 0 Å². The number of amides is 1. The van der Waals surface area contributed by atoms with Gasteiger partial charge in [0.25, 0.3) is 0 Å². The molecule has 1 atom stereocenters. The molecular formula is C20H21ClN6O. The molecular weight excluding hydrogens is 376 g/mol. The van der Waals surface area contributed by atoms with Crippen molar-refractivity contribution in [3.8, 4) is 0 Å². The van der Waals surface area contributed by atoms with Crippen LogP contribution in [-0.4, -0.2) is 38.7 Å². The average Bonchev–Trinajstić information content (AvgIpc) is 3.17. The second-order valence-electron chi connectivity index (χ2n) is 6.82. The minimum absolute atomic E-state index is 0.00140. The molecule has 1 saturated heterocycles. The predicted molar refractivity (Wildman–Crippen MR) is 108 cm³/mol. The third kappa shape index (κ3) is 4.31. The van der Waals surface area contributed by atoms with Crippen LogP contribution in [0.15, 0.2) is 55.0 Å². The van der Waals surface area contributed by atoms with Crippen LogP contribution in [0.4, 0.5) is 11.8 Å². The highest BCUT2D eigenvalue weighted by Crippen LogP contribution is 2.22. The van der Waals surface area contributed by atoms with Crippen molar-refractivity contribution in [1.29, 1.82) is 0 Å². The maximum atomic E-state index is 12.9. The molecule has 0 radical (unpaired) electrons. The van der Waals surface area contributed by atoms with Gasteiger partial charge in [-0.15, -0.1) is 0 Å². The van der Waals surface area contributed by atoms with Crippen molar-refractivity contribution in [3.05, 3.63) is 65.6 Å². The first-order valence-corrected chi connectivity index (χ1v) is 9.66. The van der Waals surface area contributed by atoms with E-state index in [1.54, 1.807) is 29.3 Å². The zero-order valence-corrected chi connectivity index (χ0v) is 16.1. The highest BCUT2D eigenvalue weighted by atomic mass is 35.5. The fraction of sp³-hybridized carbons (Fsp3) is 0.300. The lowest BCUT2D eigenvalue weighted by Gasteiger charge is -2.31. The Balaban J connectivity index is 1.41. The van der Waals surface area contributed by atoms with E-state index in [1.807, 2.05) is 30.3 Å². The van der Waals surface area contributed by atoms with Crippen LogP contribution in [0.3, 0.4) is 0 Å². The fourth-order valence-corrected chi connectivity index (χ4v) is 3.51. The number of carbonyl (C=O) groups is 1. The van der Waals surface area contributed by atoms with Gasteiger partial charge in [-0.05, 0) is 36.6 Å². The Hall–Kier alpha value is -2.93. The third-order valence-corrected chi connectivity index (χ3v) is 5.09. The molecule has 1 aliphatic heterocycles. The molecule has 0 bridgehead atoms. The van der Waals surface area contributed by atoms with E-state index < -0.39 is 0 Å². The predicted octanol–water partition coefficient (Wildman–Crippen LogP) is 3.23. The van der Waals surface area contributed by atoms with Crippen LogP contribution in [-0.2, 0) is 11.3 Å². The van der Waals surface area contributed by atoms with Gasteiger partial charge in [0.15, 0.2) is 0 Å². The summed E-state index contributed by atoms with van der Waals surface area (Å²) in [6.07, 6.45) is 6.92. The van der Waals surface area contributed by atoms with Crippen molar-refractivity contribution in [2.75, 3.05) is 23.3 Å². The first-order valence-electron chi connectivity index (χ1n) is 9.28. The molecule has 2 aromatic heterocycles. The SMILES string of the molecule is O=C(Nc1ccnn1Cc1ccc(Cl)cc1)C1CCCN(c2ncccn2)C1. The van der Waals surface area contributed by atoms with Crippen LogP contribution in [0.25, 0.3) is 0 Å². The van der Waals surface area contributed by atoms with E-state index in [1.165, 1.54) is 0 Å². The van der Waals surface area contributed by atoms with Crippen LogP contribution in [0.2, 0.25) is 5.02 Å². The lowest BCUT2D eigenvalue weighted by atomic mass is 9.97. The largest absolute Gasteiger partial charge is 0.340 e. The molecule has 1 unspecified atom stereocenters. The van der Waals surface area contributed by atoms with Crippen molar-refractivity contribution in [3.63, 3.8) is 0 Å². The second-order valence-corrected chi connectivity index (χ2v) is 7.26. The first-order chi connectivity index (χ1) is 13.7. The van der Waals surface area contributed by atoms with Gasteiger partial charge in [-0.2, -0.15) is 5.10 Å². The van der Waals surface area contributed by atoms with Crippen molar-refractivity contribution in [2.24, 2.45) is 5.92 Å². The van der Waals surface area contributed by atoms with Gasteiger partial charge >= 0.3 is 0 Å². The summed E-state index contributed by atoms with van der Waals surface area (Å²) < 4.78 is 1.78. The zero-order chi connectivity index (χ0) is 19.3. The molecule has 144 valence electrons. The Bertz CT molecular complexity index is 927. The number of nitrogens with zero attached hydrogens (tertiary/aromatic N) is 5. The number of hydrogen-bond donors (Lipinski definition) is 1. The van der Waals surface area contributed by atoms with E-state index in [0.29, 0.717) is 29.9 Å². The number of hydrogen-bond acceptors (Lipinski definition) is 5. The van der Waals surface area contributed by atoms with Gasteiger partial charge in [0.1, 0.15) is 5.82 Å². The number of aromatic nitrogens is 4. The van der Waals surface area contributed by atoms with E-state index in [-0.39, 0.29) is 11.8 Å². The van der Waals surface area contributed by atoms with E-state index in [9.17, 15) is 4.79 Å². The summed E-state index contributed by atoms with van der Waals surface area (Å²) in [5, 5.41) is 8.06. The molecule has 1 fully saturated rings. The summed E-state index contributed by atoms with van der Waals surface area (Å²) in [7, 11) is 0. The Morgan fingerprint density at radius 3 is 2.71 bits per heavy atom. The fourth-order valence-electron chi connectivity index (χ4n) is 3.38. The van der Waals surface area contributed by atoms with E-state index in [4.69, 9.17) is 11.6 Å². The van der Waals surface area contributed by atoms with Gasteiger partial charge in [0, 0.05) is 36.6 Å². The average molecular weight is 397 g/mol. The smallest absolute Gasteiger partial charge is 0.230 e. The van der Waals surface area contributed by atoms with Crippen LogP contribution >= 0.6 is 11.6 Å². The van der Waals surface area contributed by atoms with Gasteiger partial charge in [0.05, 0.1) is 18.7 Å². The van der Waals surface area contributed by atoms with E-state index in [2.05, 4.69) is 25.3 Å². The normalized spacial score (nSPS) is 16.8. The Morgan fingerprint density at radius 1 is 1.14 bits per heavy atom.